The second kappa shape index (κ2) is 3.58. The normalized spacial score (nSPS) is 25.4. The second-order valence-corrected chi connectivity index (χ2v) is 5.17. The highest BCUT2D eigenvalue weighted by molar-refractivity contribution is 9.10. The van der Waals surface area contributed by atoms with Crippen molar-refractivity contribution in [1.29, 1.82) is 0 Å². The highest BCUT2D eigenvalue weighted by Crippen LogP contribution is 2.36. The molecule has 76 valence electrons. The van der Waals surface area contributed by atoms with Crippen LogP contribution in [0.4, 0.5) is 5.69 Å². The first kappa shape index (κ1) is 10.0. The van der Waals surface area contributed by atoms with E-state index in [1.165, 1.54) is 35.0 Å². The lowest BCUT2D eigenvalue weighted by Gasteiger charge is -2.36. The summed E-state index contributed by atoms with van der Waals surface area (Å²) in [4.78, 5) is 0. The van der Waals surface area contributed by atoms with Gasteiger partial charge in [0.15, 0.2) is 0 Å². The molecule has 0 aliphatic carbocycles. The zero-order valence-electron chi connectivity index (χ0n) is 8.73. The average Bonchev–Trinajstić information content (AvgIpc) is 2.20. The van der Waals surface area contributed by atoms with Crippen LogP contribution in [0.25, 0.3) is 0 Å². The smallest absolute Gasteiger partial charge is 0.0521 e. The molecule has 2 heteroatoms. The van der Waals surface area contributed by atoms with Crippen LogP contribution in [0, 0.1) is 0 Å². The summed E-state index contributed by atoms with van der Waals surface area (Å²) in [5, 5.41) is 3.64. The van der Waals surface area contributed by atoms with Crippen LogP contribution < -0.4 is 5.32 Å². The predicted octanol–water partition coefficient (Wildman–Crippen LogP) is 3.98. The van der Waals surface area contributed by atoms with Gasteiger partial charge in [-0.1, -0.05) is 19.1 Å². The molecule has 1 heterocycles. The molecule has 0 bridgehead atoms. The summed E-state index contributed by atoms with van der Waals surface area (Å²) in [5.74, 6) is 0. The van der Waals surface area contributed by atoms with E-state index >= 15 is 0 Å². The Hall–Kier alpha value is -0.500. The monoisotopic (exact) mass is 253 g/mol. The Labute approximate surface area is 94.0 Å². The molecule has 1 unspecified atom stereocenters. The first-order chi connectivity index (χ1) is 6.64. The van der Waals surface area contributed by atoms with Crippen molar-refractivity contribution in [3.63, 3.8) is 0 Å². The van der Waals surface area contributed by atoms with E-state index in [0.29, 0.717) is 0 Å². The Morgan fingerprint density at radius 3 is 3.00 bits per heavy atom. The maximum absolute atomic E-state index is 3.64. The molecule has 1 N–H and O–H groups in total. The van der Waals surface area contributed by atoms with Gasteiger partial charge in [0.1, 0.15) is 0 Å². The minimum atomic E-state index is 0.275. The Morgan fingerprint density at radius 1 is 1.50 bits per heavy atom. The number of halogens is 1. The van der Waals surface area contributed by atoms with Gasteiger partial charge in [0.25, 0.3) is 0 Å². The molecule has 1 aromatic carbocycles. The Bertz CT molecular complexity index is 348. The number of hydrogen-bond acceptors (Lipinski definition) is 1. The van der Waals surface area contributed by atoms with E-state index in [4.69, 9.17) is 0 Å². The van der Waals surface area contributed by atoms with E-state index in [1.807, 2.05) is 0 Å². The molecule has 0 saturated heterocycles. The summed E-state index contributed by atoms with van der Waals surface area (Å²) >= 11 is 3.60. The molecular formula is C12H16BrN. The third-order valence-electron chi connectivity index (χ3n) is 3.25. The molecule has 1 nitrogen and oxygen atoms in total. The van der Waals surface area contributed by atoms with Gasteiger partial charge >= 0.3 is 0 Å². The van der Waals surface area contributed by atoms with Crippen molar-refractivity contribution in [1.82, 2.24) is 0 Å². The molecule has 0 radical (unpaired) electrons. The fourth-order valence-electron chi connectivity index (χ4n) is 1.96. The zero-order valence-corrected chi connectivity index (χ0v) is 10.3. The molecule has 2 rings (SSSR count). The highest BCUT2D eigenvalue weighted by Gasteiger charge is 2.27. The molecule has 1 aliphatic heterocycles. The van der Waals surface area contributed by atoms with Gasteiger partial charge in [0.05, 0.1) is 5.69 Å². The summed E-state index contributed by atoms with van der Waals surface area (Å²) in [6, 6.07) is 6.43. The Morgan fingerprint density at radius 2 is 2.29 bits per heavy atom. The largest absolute Gasteiger partial charge is 0.379 e. The fourth-order valence-corrected chi connectivity index (χ4v) is 2.46. The number of benzene rings is 1. The van der Waals surface area contributed by atoms with Crippen molar-refractivity contribution in [2.24, 2.45) is 0 Å². The van der Waals surface area contributed by atoms with Crippen molar-refractivity contribution in [3.05, 3.63) is 28.2 Å². The highest BCUT2D eigenvalue weighted by atomic mass is 79.9. The van der Waals surface area contributed by atoms with Crippen molar-refractivity contribution >= 4 is 21.6 Å². The molecule has 1 atom stereocenters. The van der Waals surface area contributed by atoms with Gasteiger partial charge < -0.3 is 5.32 Å². The van der Waals surface area contributed by atoms with E-state index in [9.17, 15) is 0 Å². The summed E-state index contributed by atoms with van der Waals surface area (Å²) in [6.07, 6.45) is 3.59. The van der Waals surface area contributed by atoms with Crippen molar-refractivity contribution in [2.75, 3.05) is 5.32 Å². The van der Waals surface area contributed by atoms with Crippen LogP contribution in [0.2, 0.25) is 0 Å². The van der Waals surface area contributed by atoms with Gasteiger partial charge in [0.2, 0.25) is 0 Å². The molecule has 0 amide bonds. The lowest BCUT2D eigenvalue weighted by Crippen LogP contribution is -2.38. The minimum Gasteiger partial charge on any atom is -0.379 e. The lowest BCUT2D eigenvalue weighted by molar-refractivity contribution is 0.443. The Balaban J connectivity index is 2.38. The van der Waals surface area contributed by atoms with Gasteiger partial charge in [-0.2, -0.15) is 0 Å². The number of anilines is 1. The summed E-state index contributed by atoms with van der Waals surface area (Å²) < 4.78 is 1.19. The van der Waals surface area contributed by atoms with Crippen LogP contribution in [0.1, 0.15) is 32.3 Å². The molecule has 0 fully saturated rings. The second-order valence-electron chi connectivity index (χ2n) is 4.31. The van der Waals surface area contributed by atoms with Gasteiger partial charge in [-0.25, -0.2) is 0 Å². The number of rotatable bonds is 1. The summed E-state index contributed by atoms with van der Waals surface area (Å²) in [5.41, 5.74) is 3.00. The SMILES string of the molecule is CCC1(C)CCc2cccc(Br)c2N1. The fraction of sp³-hybridized carbons (Fsp3) is 0.500. The molecular weight excluding hydrogens is 238 g/mol. The number of nitrogens with one attached hydrogen (secondary N) is 1. The van der Waals surface area contributed by atoms with Gasteiger partial charge in [-0.15, -0.1) is 0 Å². The van der Waals surface area contributed by atoms with Crippen LogP contribution in [0.5, 0.6) is 0 Å². The van der Waals surface area contributed by atoms with E-state index in [2.05, 4.69) is 53.3 Å². The average molecular weight is 254 g/mol. The van der Waals surface area contributed by atoms with E-state index in [1.54, 1.807) is 0 Å². The van der Waals surface area contributed by atoms with Crippen molar-refractivity contribution in [3.8, 4) is 0 Å². The summed E-state index contributed by atoms with van der Waals surface area (Å²) in [6.45, 7) is 4.55. The van der Waals surface area contributed by atoms with Crippen LogP contribution in [-0.4, -0.2) is 5.54 Å². The van der Waals surface area contributed by atoms with Gasteiger partial charge in [-0.05, 0) is 53.7 Å². The molecule has 1 aliphatic rings. The molecule has 14 heavy (non-hydrogen) atoms. The quantitative estimate of drug-likeness (QED) is 0.799. The Kier molecular flexibility index (Phi) is 2.56. The first-order valence-electron chi connectivity index (χ1n) is 5.20. The number of para-hydroxylation sites is 1. The topological polar surface area (TPSA) is 12.0 Å². The van der Waals surface area contributed by atoms with Gasteiger partial charge in [-0.3, -0.25) is 0 Å². The lowest BCUT2D eigenvalue weighted by atomic mass is 9.86. The minimum absolute atomic E-state index is 0.275. The van der Waals surface area contributed by atoms with Crippen molar-refractivity contribution in [2.45, 2.75) is 38.6 Å². The van der Waals surface area contributed by atoms with E-state index < -0.39 is 0 Å². The molecule has 0 spiro atoms. The first-order valence-corrected chi connectivity index (χ1v) is 5.99. The maximum Gasteiger partial charge on any atom is 0.0521 e. The van der Waals surface area contributed by atoms with Crippen LogP contribution in [-0.2, 0) is 6.42 Å². The number of aryl methyl sites for hydroxylation is 1. The maximum atomic E-state index is 3.64. The van der Waals surface area contributed by atoms with Crippen molar-refractivity contribution < 1.29 is 0 Å². The van der Waals surface area contributed by atoms with Crippen LogP contribution >= 0.6 is 15.9 Å². The third kappa shape index (κ3) is 1.68. The molecule has 0 saturated carbocycles. The summed E-state index contributed by atoms with van der Waals surface area (Å²) in [7, 11) is 0. The third-order valence-corrected chi connectivity index (χ3v) is 3.91. The van der Waals surface area contributed by atoms with Crippen LogP contribution in [0.15, 0.2) is 22.7 Å². The number of hydrogen-bond donors (Lipinski definition) is 1. The van der Waals surface area contributed by atoms with Gasteiger partial charge in [0, 0.05) is 10.0 Å². The van der Waals surface area contributed by atoms with Crippen LogP contribution in [0.3, 0.4) is 0 Å². The standard InChI is InChI=1S/C12H16BrN/c1-3-12(2)8-7-9-5-4-6-10(13)11(9)14-12/h4-6,14H,3,7-8H2,1-2H3. The molecule has 0 aromatic heterocycles. The predicted molar refractivity (Wildman–Crippen MR) is 64.8 cm³/mol. The van der Waals surface area contributed by atoms with E-state index in [0.717, 1.165) is 0 Å². The van der Waals surface area contributed by atoms with E-state index in [-0.39, 0.29) is 5.54 Å². The zero-order chi connectivity index (χ0) is 10.2. The molecule has 1 aromatic rings. The number of fused-ring (bicyclic) bond motifs is 1.